The maximum absolute atomic E-state index is 12.7. The van der Waals surface area contributed by atoms with Crippen LogP contribution in [0, 0.1) is 11.6 Å². The van der Waals surface area contributed by atoms with Crippen molar-refractivity contribution >= 4 is 0 Å². The summed E-state index contributed by atoms with van der Waals surface area (Å²) in [6.07, 6.45) is -4.88. The molecule has 0 aliphatic rings. The topological polar surface area (TPSA) is 46.2 Å². The maximum Gasteiger partial charge on any atom is 0.407 e. The number of phenols is 1. The van der Waals surface area contributed by atoms with Crippen molar-refractivity contribution < 1.29 is 27.1 Å². The average molecular weight is 227 g/mol. The quantitative estimate of drug-likeness (QED) is 0.722. The van der Waals surface area contributed by atoms with Gasteiger partial charge in [0, 0.05) is 11.6 Å². The highest BCUT2D eigenvalue weighted by Crippen LogP contribution is 2.36. The lowest BCUT2D eigenvalue weighted by atomic mass is 10.1. The van der Waals surface area contributed by atoms with Gasteiger partial charge in [0.1, 0.15) is 11.9 Å². The van der Waals surface area contributed by atoms with E-state index in [1.165, 1.54) is 0 Å². The summed E-state index contributed by atoms with van der Waals surface area (Å²) in [4.78, 5) is 0. The molecule has 0 radical (unpaired) electrons. The fraction of sp³-hybridized carbons (Fsp3) is 0.250. The first kappa shape index (κ1) is 11.7. The number of halogens is 5. The van der Waals surface area contributed by atoms with Crippen LogP contribution in [0.3, 0.4) is 0 Å². The first-order valence-corrected chi connectivity index (χ1v) is 3.73. The molecule has 84 valence electrons. The Hall–Kier alpha value is -1.37. The van der Waals surface area contributed by atoms with Crippen molar-refractivity contribution in [1.82, 2.24) is 0 Å². The number of hydrogen-bond acceptors (Lipinski definition) is 2. The largest absolute Gasteiger partial charge is 0.505 e. The Bertz CT molecular complexity index is 376. The van der Waals surface area contributed by atoms with Crippen LogP contribution in [0.15, 0.2) is 12.1 Å². The molecule has 0 aromatic heterocycles. The van der Waals surface area contributed by atoms with E-state index in [0.29, 0.717) is 6.07 Å². The van der Waals surface area contributed by atoms with Gasteiger partial charge >= 0.3 is 6.18 Å². The Balaban J connectivity index is 3.25. The Morgan fingerprint density at radius 3 is 2.20 bits per heavy atom. The van der Waals surface area contributed by atoms with Crippen molar-refractivity contribution in [2.24, 2.45) is 5.73 Å². The third kappa shape index (κ3) is 2.35. The number of nitrogens with two attached hydrogens (primary N) is 1. The molecule has 1 aromatic rings. The molecule has 0 fully saturated rings. The molecule has 1 rings (SSSR count). The van der Waals surface area contributed by atoms with Crippen LogP contribution < -0.4 is 5.73 Å². The molecular weight excluding hydrogens is 221 g/mol. The molecule has 0 bridgehead atoms. The van der Waals surface area contributed by atoms with Crippen LogP contribution in [0.5, 0.6) is 5.75 Å². The third-order valence-electron chi connectivity index (χ3n) is 1.75. The van der Waals surface area contributed by atoms with Gasteiger partial charge in [-0.15, -0.1) is 0 Å². The number of aromatic hydroxyl groups is 1. The molecule has 7 heteroatoms. The molecule has 0 saturated heterocycles. The van der Waals surface area contributed by atoms with Crippen LogP contribution in [0.2, 0.25) is 0 Å². The molecule has 1 aromatic carbocycles. The van der Waals surface area contributed by atoms with Gasteiger partial charge in [0.2, 0.25) is 0 Å². The lowest BCUT2D eigenvalue weighted by Crippen LogP contribution is -2.28. The number of alkyl halides is 3. The van der Waals surface area contributed by atoms with Crippen molar-refractivity contribution in [1.29, 1.82) is 0 Å². The Morgan fingerprint density at radius 1 is 1.20 bits per heavy atom. The molecule has 15 heavy (non-hydrogen) atoms. The minimum atomic E-state index is -4.88. The minimum absolute atomic E-state index is 0.266. The van der Waals surface area contributed by atoms with Gasteiger partial charge in [-0.25, -0.2) is 8.78 Å². The molecule has 1 unspecified atom stereocenters. The van der Waals surface area contributed by atoms with Crippen LogP contribution >= 0.6 is 0 Å². The van der Waals surface area contributed by atoms with E-state index in [0.717, 1.165) is 0 Å². The highest BCUT2D eigenvalue weighted by atomic mass is 19.4. The van der Waals surface area contributed by atoms with Crippen molar-refractivity contribution in [3.63, 3.8) is 0 Å². The summed E-state index contributed by atoms with van der Waals surface area (Å²) in [7, 11) is 0. The summed E-state index contributed by atoms with van der Waals surface area (Å²) in [5.74, 6) is -4.01. The van der Waals surface area contributed by atoms with E-state index < -0.39 is 35.2 Å². The normalized spacial score (nSPS) is 14.0. The lowest BCUT2D eigenvalue weighted by molar-refractivity contribution is -0.149. The molecule has 0 aliphatic carbocycles. The summed E-state index contributed by atoms with van der Waals surface area (Å²) in [6.45, 7) is 0. The Kier molecular flexibility index (Phi) is 2.85. The molecule has 0 spiro atoms. The zero-order valence-corrected chi connectivity index (χ0v) is 7.15. The summed E-state index contributed by atoms with van der Waals surface area (Å²) < 4.78 is 61.5. The molecular formula is C8H6F5NO. The second kappa shape index (κ2) is 3.65. The summed E-state index contributed by atoms with van der Waals surface area (Å²) in [5.41, 5.74) is 3.66. The Morgan fingerprint density at radius 2 is 1.73 bits per heavy atom. The maximum atomic E-state index is 12.7. The predicted molar refractivity (Wildman–Crippen MR) is 41.0 cm³/mol. The van der Waals surface area contributed by atoms with Gasteiger partial charge in [0.25, 0.3) is 0 Å². The van der Waals surface area contributed by atoms with Crippen LogP contribution in [0.25, 0.3) is 0 Å². The van der Waals surface area contributed by atoms with E-state index in [9.17, 15) is 22.0 Å². The molecule has 1 atom stereocenters. The average Bonchev–Trinajstić information content (AvgIpc) is 2.08. The smallest absolute Gasteiger partial charge is 0.407 e. The second-order valence-electron chi connectivity index (χ2n) is 2.84. The first-order chi connectivity index (χ1) is 6.73. The molecule has 0 aliphatic heterocycles. The standard InChI is InChI=1S/C8H6F5NO/c9-3-1-4(6(15)5(10)2-3)7(14)8(11,12)13/h1-2,7,15H,14H2. The molecule has 2 nitrogen and oxygen atoms in total. The highest BCUT2D eigenvalue weighted by molar-refractivity contribution is 5.37. The summed E-state index contributed by atoms with van der Waals surface area (Å²) in [5, 5.41) is 8.93. The van der Waals surface area contributed by atoms with E-state index >= 15 is 0 Å². The number of hydrogen-bond donors (Lipinski definition) is 2. The van der Waals surface area contributed by atoms with E-state index in [4.69, 9.17) is 10.8 Å². The molecule has 0 saturated carbocycles. The zero-order valence-electron chi connectivity index (χ0n) is 7.15. The molecule has 0 heterocycles. The summed E-state index contributed by atoms with van der Waals surface area (Å²) in [6, 6.07) is -2.01. The predicted octanol–water partition coefficient (Wildman–Crippen LogP) is 2.23. The van der Waals surface area contributed by atoms with Crippen LogP contribution in [-0.4, -0.2) is 11.3 Å². The van der Waals surface area contributed by atoms with Crippen LogP contribution in [-0.2, 0) is 0 Å². The first-order valence-electron chi connectivity index (χ1n) is 3.73. The van der Waals surface area contributed by atoms with Crippen LogP contribution in [0.1, 0.15) is 11.6 Å². The Labute approximate surface area is 81.1 Å². The minimum Gasteiger partial charge on any atom is -0.505 e. The number of phenolic OH excluding ortho intramolecular Hbond substituents is 1. The monoisotopic (exact) mass is 227 g/mol. The van der Waals surface area contributed by atoms with Crippen LogP contribution in [0.4, 0.5) is 22.0 Å². The van der Waals surface area contributed by atoms with Crippen molar-refractivity contribution in [2.45, 2.75) is 12.2 Å². The van der Waals surface area contributed by atoms with Crippen molar-refractivity contribution in [3.8, 4) is 5.75 Å². The van der Waals surface area contributed by atoms with Crippen molar-refractivity contribution in [3.05, 3.63) is 29.3 Å². The van der Waals surface area contributed by atoms with Gasteiger partial charge in [-0.05, 0) is 6.07 Å². The number of rotatable bonds is 1. The van der Waals surface area contributed by atoms with Gasteiger partial charge in [-0.1, -0.05) is 0 Å². The highest BCUT2D eigenvalue weighted by Gasteiger charge is 2.40. The SMILES string of the molecule is NC(c1cc(F)cc(F)c1O)C(F)(F)F. The second-order valence-corrected chi connectivity index (χ2v) is 2.84. The number of benzene rings is 1. The molecule has 0 amide bonds. The van der Waals surface area contributed by atoms with Gasteiger partial charge in [-0.3, -0.25) is 0 Å². The van der Waals surface area contributed by atoms with E-state index in [1.807, 2.05) is 0 Å². The van der Waals surface area contributed by atoms with Crippen molar-refractivity contribution in [2.75, 3.05) is 0 Å². The molecule has 3 N–H and O–H groups in total. The summed E-state index contributed by atoms with van der Waals surface area (Å²) >= 11 is 0. The fourth-order valence-electron chi connectivity index (χ4n) is 0.999. The van der Waals surface area contributed by atoms with E-state index in [1.54, 1.807) is 0 Å². The zero-order chi connectivity index (χ0) is 11.8. The lowest BCUT2D eigenvalue weighted by Gasteiger charge is -2.17. The fourth-order valence-corrected chi connectivity index (χ4v) is 0.999. The third-order valence-corrected chi connectivity index (χ3v) is 1.75. The van der Waals surface area contributed by atoms with Gasteiger partial charge in [0.05, 0.1) is 0 Å². The van der Waals surface area contributed by atoms with E-state index in [-0.39, 0.29) is 6.07 Å². The van der Waals surface area contributed by atoms with Gasteiger partial charge in [0.15, 0.2) is 11.6 Å². The van der Waals surface area contributed by atoms with E-state index in [2.05, 4.69) is 0 Å². The van der Waals surface area contributed by atoms with Gasteiger partial charge in [-0.2, -0.15) is 13.2 Å². The van der Waals surface area contributed by atoms with Gasteiger partial charge < -0.3 is 10.8 Å².